The highest BCUT2D eigenvalue weighted by Gasteiger charge is 2.29. The van der Waals surface area contributed by atoms with E-state index in [9.17, 15) is 28.8 Å². The van der Waals surface area contributed by atoms with Gasteiger partial charge in [-0.25, -0.2) is 0 Å². The quantitative estimate of drug-likeness (QED) is 0.0968. The summed E-state index contributed by atoms with van der Waals surface area (Å²) in [6.07, 6.45) is 12.2. The van der Waals surface area contributed by atoms with Gasteiger partial charge in [-0.15, -0.1) is 0 Å². The summed E-state index contributed by atoms with van der Waals surface area (Å²) < 4.78 is 10.7. The van der Waals surface area contributed by atoms with Gasteiger partial charge in [0.05, 0.1) is 24.9 Å². The van der Waals surface area contributed by atoms with Crippen LogP contribution in [0.5, 0.6) is 0 Å². The molecule has 0 aliphatic heterocycles. The van der Waals surface area contributed by atoms with Crippen LogP contribution in [0.2, 0.25) is 0 Å². The van der Waals surface area contributed by atoms with Crippen LogP contribution in [-0.2, 0) is 38.2 Å². The Labute approximate surface area is 293 Å². The zero-order valence-electron chi connectivity index (χ0n) is 30.6. The van der Waals surface area contributed by atoms with Gasteiger partial charge in [0.2, 0.25) is 23.6 Å². The second-order valence-corrected chi connectivity index (χ2v) is 14.5. The van der Waals surface area contributed by atoms with Crippen LogP contribution in [0.3, 0.4) is 0 Å². The Morgan fingerprint density at radius 3 is 1.20 bits per heavy atom. The number of nitrogens with one attached hydrogen (secondary N) is 4. The minimum atomic E-state index is -0.194. The monoisotopic (exact) mass is 692 g/mol. The Bertz CT molecular complexity index is 953. The van der Waals surface area contributed by atoms with Crippen LogP contribution in [0.4, 0.5) is 0 Å². The number of hydrogen-bond donors (Lipinski definition) is 4. The van der Waals surface area contributed by atoms with E-state index < -0.39 is 0 Å². The van der Waals surface area contributed by atoms with Crippen molar-refractivity contribution in [3.8, 4) is 0 Å². The highest BCUT2D eigenvalue weighted by molar-refractivity contribution is 5.78. The molecule has 0 radical (unpaired) electrons. The lowest BCUT2D eigenvalue weighted by molar-refractivity contribution is -0.150. The van der Waals surface area contributed by atoms with E-state index in [1.54, 1.807) is 0 Å². The van der Waals surface area contributed by atoms with Crippen LogP contribution in [-0.4, -0.2) is 75.0 Å². The van der Waals surface area contributed by atoms with Crippen molar-refractivity contribution in [2.45, 2.75) is 124 Å². The van der Waals surface area contributed by atoms with E-state index in [2.05, 4.69) is 21.3 Å². The number of hydrogen-bond acceptors (Lipinski definition) is 8. The minimum absolute atomic E-state index is 0.0511. The van der Waals surface area contributed by atoms with Gasteiger partial charge in [-0.3, -0.25) is 28.8 Å². The van der Waals surface area contributed by atoms with Crippen LogP contribution in [0.15, 0.2) is 0 Å². The van der Waals surface area contributed by atoms with E-state index in [0.29, 0.717) is 50.9 Å². The zero-order valence-corrected chi connectivity index (χ0v) is 30.6. The van der Waals surface area contributed by atoms with Crippen LogP contribution >= 0.6 is 0 Å². The number of rotatable bonds is 22. The first kappa shape index (κ1) is 42.0. The molecule has 0 heterocycles. The smallest absolute Gasteiger partial charge is 0.308 e. The van der Waals surface area contributed by atoms with Gasteiger partial charge in [0, 0.05) is 37.8 Å². The lowest BCUT2D eigenvalue weighted by Crippen LogP contribution is -2.34. The molecule has 0 aromatic rings. The summed E-state index contributed by atoms with van der Waals surface area (Å²) in [7, 11) is 0. The van der Waals surface area contributed by atoms with Crippen LogP contribution < -0.4 is 21.3 Å². The second kappa shape index (κ2) is 24.1. The van der Waals surface area contributed by atoms with Gasteiger partial charge >= 0.3 is 11.9 Å². The van der Waals surface area contributed by atoms with Crippen LogP contribution in [0, 0.1) is 35.5 Å². The molecule has 2 aliphatic rings. The Morgan fingerprint density at radius 2 is 0.857 bits per heavy atom. The Hall–Kier alpha value is -3.18. The number of esters is 2. The third-order valence-electron chi connectivity index (χ3n) is 9.68. The lowest BCUT2D eigenvalue weighted by atomic mass is 9.82. The summed E-state index contributed by atoms with van der Waals surface area (Å²) in [5.74, 6) is 0.0179. The number of amides is 4. The summed E-state index contributed by atoms with van der Waals surface area (Å²) in [6, 6.07) is 0. The number of carbonyl (C=O) groups excluding carboxylic acids is 6. The van der Waals surface area contributed by atoms with E-state index in [4.69, 9.17) is 9.47 Å². The third-order valence-corrected chi connectivity index (χ3v) is 9.68. The van der Waals surface area contributed by atoms with Crippen molar-refractivity contribution >= 4 is 35.6 Å². The first-order chi connectivity index (χ1) is 23.5. The van der Waals surface area contributed by atoms with Gasteiger partial charge in [-0.1, -0.05) is 47.0 Å². The SMILES string of the molecule is CC(C)C(=O)NCCOC(=O)C1CCC(CNC(=O)CCCCCCCC(=O)NCC2CCC(C(=O)OCCNC(=O)C(C)C)CC2)CC1. The molecular weight excluding hydrogens is 628 g/mol. The van der Waals surface area contributed by atoms with Crippen molar-refractivity contribution in [3.63, 3.8) is 0 Å². The Balaban J connectivity index is 1.40. The van der Waals surface area contributed by atoms with E-state index in [1.807, 2.05) is 27.7 Å². The maximum absolute atomic E-state index is 12.3. The Morgan fingerprint density at radius 1 is 0.510 bits per heavy atom. The van der Waals surface area contributed by atoms with Crippen LogP contribution in [0.25, 0.3) is 0 Å². The molecule has 49 heavy (non-hydrogen) atoms. The molecule has 0 unspecified atom stereocenters. The van der Waals surface area contributed by atoms with E-state index in [0.717, 1.165) is 83.5 Å². The first-order valence-electron chi connectivity index (χ1n) is 18.9. The highest BCUT2D eigenvalue weighted by atomic mass is 16.5. The molecule has 12 nitrogen and oxygen atoms in total. The predicted octanol–water partition coefficient (Wildman–Crippen LogP) is 4.19. The number of unbranched alkanes of at least 4 members (excludes halogenated alkanes) is 4. The van der Waals surface area contributed by atoms with Crippen molar-refractivity contribution in [2.75, 3.05) is 39.4 Å². The van der Waals surface area contributed by atoms with E-state index in [-0.39, 0.29) is 72.5 Å². The first-order valence-corrected chi connectivity index (χ1v) is 18.9. The number of ether oxygens (including phenoxy) is 2. The maximum Gasteiger partial charge on any atom is 0.308 e. The van der Waals surface area contributed by atoms with Crippen molar-refractivity contribution in [1.82, 2.24) is 21.3 Å². The fourth-order valence-electron chi connectivity index (χ4n) is 6.29. The molecule has 12 heteroatoms. The summed E-state index contributed by atoms with van der Waals surface area (Å²) in [4.78, 5) is 72.4. The molecule has 4 N–H and O–H groups in total. The van der Waals surface area contributed by atoms with Gasteiger partial charge in [0.1, 0.15) is 13.2 Å². The predicted molar refractivity (Wildman–Crippen MR) is 187 cm³/mol. The summed E-state index contributed by atoms with van der Waals surface area (Å²) in [6.45, 7) is 9.61. The molecule has 4 amide bonds. The molecule has 0 aromatic carbocycles. The molecule has 0 spiro atoms. The standard InChI is InChI=1S/C37H64N4O8/c1-26(2)34(44)38-20-22-48-36(46)30-16-12-28(13-17-30)24-40-32(42)10-8-6-5-7-9-11-33(43)41-25-29-14-18-31(19-15-29)37(47)49-23-21-39-35(45)27(3)4/h26-31H,5-25H2,1-4H3,(H,38,44)(H,39,45)(H,40,42)(H,41,43). The van der Waals surface area contributed by atoms with Crippen molar-refractivity contribution in [3.05, 3.63) is 0 Å². The summed E-state index contributed by atoms with van der Waals surface area (Å²) in [5.41, 5.74) is 0. The molecule has 2 aliphatic carbocycles. The molecule has 2 rings (SSSR count). The van der Waals surface area contributed by atoms with Crippen LogP contribution in [0.1, 0.15) is 124 Å². The second-order valence-electron chi connectivity index (χ2n) is 14.5. The highest BCUT2D eigenvalue weighted by Crippen LogP contribution is 2.30. The average Bonchev–Trinajstić information content (AvgIpc) is 3.09. The fraction of sp³-hybridized carbons (Fsp3) is 0.838. The van der Waals surface area contributed by atoms with E-state index in [1.165, 1.54) is 0 Å². The molecule has 2 saturated carbocycles. The fourth-order valence-corrected chi connectivity index (χ4v) is 6.29. The molecule has 280 valence electrons. The molecule has 0 aromatic heterocycles. The van der Waals surface area contributed by atoms with Gasteiger partial charge < -0.3 is 30.7 Å². The molecular formula is C37H64N4O8. The normalized spacial score (nSPS) is 20.7. The topological polar surface area (TPSA) is 169 Å². The van der Waals surface area contributed by atoms with E-state index >= 15 is 0 Å². The minimum Gasteiger partial charge on any atom is -0.464 e. The number of carbonyl (C=O) groups is 6. The molecule has 2 fully saturated rings. The maximum atomic E-state index is 12.3. The van der Waals surface area contributed by atoms with Crippen molar-refractivity contribution in [1.29, 1.82) is 0 Å². The Kier molecular flexibility index (Phi) is 20.6. The van der Waals surface area contributed by atoms with Gasteiger partial charge in [0.25, 0.3) is 0 Å². The van der Waals surface area contributed by atoms with Gasteiger partial charge in [-0.2, -0.15) is 0 Å². The summed E-state index contributed by atoms with van der Waals surface area (Å²) in [5, 5.41) is 11.6. The molecule has 0 atom stereocenters. The zero-order chi connectivity index (χ0) is 36.0. The van der Waals surface area contributed by atoms with Crippen molar-refractivity contribution in [2.24, 2.45) is 35.5 Å². The molecule has 0 bridgehead atoms. The van der Waals surface area contributed by atoms with Crippen molar-refractivity contribution < 1.29 is 38.2 Å². The lowest BCUT2D eigenvalue weighted by Gasteiger charge is -2.27. The summed E-state index contributed by atoms with van der Waals surface area (Å²) >= 11 is 0. The molecule has 0 saturated heterocycles. The largest absolute Gasteiger partial charge is 0.464 e. The third kappa shape index (κ3) is 18.4. The van der Waals surface area contributed by atoms with Gasteiger partial charge in [-0.05, 0) is 76.0 Å². The average molecular weight is 693 g/mol. The van der Waals surface area contributed by atoms with Gasteiger partial charge in [0.15, 0.2) is 0 Å².